The summed E-state index contributed by atoms with van der Waals surface area (Å²) in [7, 11) is 0. The number of nitrogens with zero attached hydrogens (tertiary/aromatic N) is 2. The van der Waals surface area contributed by atoms with Crippen molar-refractivity contribution >= 4 is 39.2 Å². The number of carbonyl (C=O) groups excluding carboxylic acids is 1. The van der Waals surface area contributed by atoms with Gasteiger partial charge in [0.2, 0.25) is 5.91 Å². The van der Waals surface area contributed by atoms with Crippen molar-refractivity contribution in [2.75, 3.05) is 25.4 Å². The second-order valence-corrected chi connectivity index (χ2v) is 7.22. The van der Waals surface area contributed by atoms with E-state index in [1.165, 1.54) is 16.5 Å². The first kappa shape index (κ1) is 13.9. The van der Waals surface area contributed by atoms with Crippen LogP contribution in [0.1, 0.15) is 6.42 Å². The van der Waals surface area contributed by atoms with Crippen LogP contribution in [0.5, 0.6) is 0 Å². The number of hydrogen-bond acceptors (Lipinski definition) is 5. The number of thioether (sulfide) groups is 1. The number of likely N-dealkylation sites (tertiary alicyclic amines) is 1. The molecule has 1 saturated heterocycles. The van der Waals surface area contributed by atoms with E-state index in [1.807, 2.05) is 23.1 Å². The van der Waals surface area contributed by atoms with E-state index in [2.05, 4.69) is 11.1 Å². The van der Waals surface area contributed by atoms with Gasteiger partial charge in [0.05, 0.1) is 16.0 Å². The van der Waals surface area contributed by atoms with Gasteiger partial charge in [-0.25, -0.2) is 4.98 Å². The fourth-order valence-corrected chi connectivity index (χ4v) is 4.35. The topological polar surface area (TPSA) is 59.2 Å². The van der Waals surface area contributed by atoms with Gasteiger partial charge in [-0.2, -0.15) is 0 Å². The Bertz CT molecular complexity index is 580. The summed E-state index contributed by atoms with van der Waals surface area (Å²) in [5.41, 5.74) is 6.66. The highest BCUT2D eigenvalue weighted by atomic mass is 32.2. The summed E-state index contributed by atoms with van der Waals surface area (Å²) < 4.78 is 2.14. The molecule has 0 aliphatic carbocycles. The lowest BCUT2D eigenvalue weighted by atomic mass is 10.1. The maximum Gasteiger partial charge on any atom is 0.233 e. The normalized spacial score (nSPS) is 18.9. The van der Waals surface area contributed by atoms with Crippen LogP contribution in [0, 0.1) is 5.92 Å². The Hall–Kier alpha value is -1.11. The van der Waals surface area contributed by atoms with Crippen LogP contribution >= 0.6 is 23.1 Å². The van der Waals surface area contributed by atoms with Crippen LogP contribution in [-0.4, -0.2) is 41.2 Å². The summed E-state index contributed by atoms with van der Waals surface area (Å²) in [6, 6.07) is 8.06. The van der Waals surface area contributed by atoms with E-state index in [4.69, 9.17) is 5.73 Å². The molecule has 1 aromatic carbocycles. The van der Waals surface area contributed by atoms with Crippen LogP contribution in [-0.2, 0) is 4.79 Å². The first-order valence-corrected chi connectivity index (χ1v) is 8.52. The number of carbonyl (C=O) groups is 1. The molecule has 1 aliphatic rings. The molecule has 1 unspecified atom stereocenters. The summed E-state index contributed by atoms with van der Waals surface area (Å²) >= 11 is 3.18. The van der Waals surface area contributed by atoms with Crippen LogP contribution < -0.4 is 5.73 Å². The Kier molecular flexibility index (Phi) is 4.24. The van der Waals surface area contributed by atoms with Gasteiger partial charge in [-0.15, -0.1) is 11.3 Å². The Labute approximate surface area is 126 Å². The molecule has 1 amide bonds. The Morgan fingerprint density at radius 1 is 1.50 bits per heavy atom. The van der Waals surface area contributed by atoms with E-state index in [0.29, 0.717) is 18.2 Å². The number of rotatable bonds is 4. The number of fused-ring (bicyclic) bond motifs is 1. The first-order valence-electron chi connectivity index (χ1n) is 6.72. The summed E-state index contributed by atoms with van der Waals surface area (Å²) in [5, 5.41) is 0. The molecular weight excluding hydrogens is 290 g/mol. The highest BCUT2D eigenvalue weighted by molar-refractivity contribution is 8.01. The predicted molar refractivity (Wildman–Crippen MR) is 84.1 cm³/mol. The second kappa shape index (κ2) is 6.11. The largest absolute Gasteiger partial charge is 0.342 e. The molecule has 0 radical (unpaired) electrons. The maximum absolute atomic E-state index is 12.1. The van der Waals surface area contributed by atoms with Crippen LogP contribution in [0.2, 0.25) is 0 Å². The summed E-state index contributed by atoms with van der Waals surface area (Å²) in [6.45, 7) is 2.34. The van der Waals surface area contributed by atoms with Crippen molar-refractivity contribution in [1.82, 2.24) is 9.88 Å². The molecule has 2 heterocycles. The minimum Gasteiger partial charge on any atom is -0.342 e. The zero-order valence-corrected chi connectivity index (χ0v) is 12.8. The number of thiazole rings is 1. The Morgan fingerprint density at radius 3 is 3.10 bits per heavy atom. The number of benzene rings is 1. The lowest BCUT2D eigenvalue weighted by Gasteiger charge is -2.15. The lowest BCUT2D eigenvalue weighted by Crippen LogP contribution is -2.31. The Balaban J connectivity index is 1.57. The van der Waals surface area contributed by atoms with E-state index in [9.17, 15) is 4.79 Å². The van der Waals surface area contributed by atoms with E-state index in [-0.39, 0.29) is 5.91 Å². The second-order valence-electron chi connectivity index (χ2n) is 4.97. The highest BCUT2D eigenvalue weighted by Crippen LogP contribution is 2.29. The molecule has 0 spiro atoms. The smallest absolute Gasteiger partial charge is 0.233 e. The van der Waals surface area contributed by atoms with Gasteiger partial charge in [-0.3, -0.25) is 4.79 Å². The van der Waals surface area contributed by atoms with E-state index in [0.717, 1.165) is 29.4 Å². The number of amides is 1. The number of hydrogen-bond donors (Lipinski definition) is 1. The fourth-order valence-electron chi connectivity index (χ4n) is 2.38. The average molecular weight is 307 g/mol. The van der Waals surface area contributed by atoms with Gasteiger partial charge in [-0.1, -0.05) is 23.9 Å². The van der Waals surface area contributed by atoms with Crippen molar-refractivity contribution in [2.24, 2.45) is 11.7 Å². The highest BCUT2D eigenvalue weighted by Gasteiger charge is 2.25. The third kappa shape index (κ3) is 2.97. The molecule has 1 fully saturated rings. The van der Waals surface area contributed by atoms with Crippen LogP contribution in [0.3, 0.4) is 0 Å². The Morgan fingerprint density at radius 2 is 2.35 bits per heavy atom. The van der Waals surface area contributed by atoms with Crippen molar-refractivity contribution in [2.45, 2.75) is 10.8 Å². The number of nitrogens with two attached hydrogens (primary N) is 1. The van der Waals surface area contributed by atoms with E-state index in [1.54, 1.807) is 11.3 Å². The fraction of sp³-hybridized carbons (Fsp3) is 0.429. The maximum atomic E-state index is 12.1. The predicted octanol–water partition coefficient (Wildman–Crippen LogP) is 2.20. The molecule has 2 N–H and O–H groups in total. The third-order valence-corrected chi connectivity index (χ3v) is 5.73. The molecule has 6 heteroatoms. The standard InChI is InChI=1S/C14H17N3OS2/c15-7-10-5-6-17(8-10)13(18)9-19-14-16-11-3-1-2-4-12(11)20-14/h1-4,10H,5-9,15H2. The van der Waals surface area contributed by atoms with Crippen LogP contribution in [0.25, 0.3) is 10.2 Å². The molecule has 2 aromatic rings. The molecule has 1 aliphatic heterocycles. The van der Waals surface area contributed by atoms with Crippen molar-refractivity contribution < 1.29 is 4.79 Å². The van der Waals surface area contributed by atoms with E-state index < -0.39 is 0 Å². The van der Waals surface area contributed by atoms with Gasteiger partial charge in [0, 0.05) is 13.1 Å². The van der Waals surface area contributed by atoms with Crippen molar-refractivity contribution in [1.29, 1.82) is 0 Å². The minimum absolute atomic E-state index is 0.199. The molecule has 1 aromatic heterocycles. The zero-order valence-electron chi connectivity index (χ0n) is 11.1. The average Bonchev–Trinajstić information content (AvgIpc) is 3.10. The van der Waals surface area contributed by atoms with Gasteiger partial charge < -0.3 is 10.6 Å². The van der Waals surface area contributed by atoms with Gasteiger partial charge in [-0.05, 0) is 31.0 Å². The summed E-state index contributed by atoms with van der Waals surface area (Å²) in [5.74, 6) is 1.15. The van der Waals surface area contributed by atoms with Gasteiger partial charge in [0.1, 0.15) is 0 Å². The first-order chi connectivity index (χ1) is 9.76. The quantitative estimate of drug-likeness (QED) is 0.880. The molecular formula is C14H17N3OS2. The molecule has 20 heavy (non-hydrogen) atoms. The molecule has 0 bridgehead atoms. The van der Waals surface area contributed by atoms with Crippen LogP contribution in [0.15, 0.2) is 28.6 Å². The van der Waals surface area contributed by atoms with Crippen molar-refractivity contribution in [3.63, 3.8) is 0 Å². The summed E-state index contributed by atoms with van der Waals surface area (Å²) in [4.78, 5) is 18.6. The summed E-state index contributed by atoms with van der Waals surface area (Å²) in [6.07, 6.45) is 1.04. The molecule has 106 valence electrons. The molecule has 4 nitrogen and oxygen atoms in total. The SMILES string of the molecule is NCC1CCN(C(=O)CSc2nc3ccccc3s2)C1. The molecule has 0 saturated carbocycles. The number of aromatic nitrogens is 1. The third-order valence-electron chi connectivity index (χ3n) is 3.57. The molecule has 1 atom stereocenters. The van der Waals surface area contributed by atoms with Gasteiger partial charge >= 0.3 is 0 Å². The van der Waals surface area contributed by atoms with Crippen molar-refractivity contribution in [3.8, 4) is 0 Å². The van der Waals surface area contributed by atoms with E-state index >= 15 is 0 Å². The molecule has 3 rings (SSSR count). The van der Waals surface area contributed by atoms with Gasteiger partial charge in [0.15, 0.2) is 4.34 Å². The van der Waals surface area contributed by atoms with Crippen LogP contribution in [0.4, 0.5) is 0 Å². The van der Waals surface area contributed by atoms with Crippen molar-refractivity contribution in [3.05, 3.63) is 24.3 Å². The number of para-hydroxylation sites is 1. The zero-order chi connectivity index (χ0) is 13.9. The monoisotopic (exact) mass is 307 g/mol. The lowest BCUT2D eigenvalue weighted by molar-refractivity contribution is -0.127. The van der Waals surface area contributed by atoms with Gasteiger partial charge in [0.25, 0.3) is 0 Å². The minimum atomic E-state index is 0.199.